The second kappa shape index (κ2) is 16.6. The third-order valence-corrected chi connectivity index (χ3v) is 9.64. The third kappa shape index (κ3) is 9.18. The van der Waals surface area contributed by atoms with Crippen LogP contribution in [0.2, 0.25) is 0 Å². The minimum absolute atomic E-state index is 0.0936. The SMILES string of the molecule is COc1ccccc1-c1csc(NC(=O)C(C)Sc2ccc(NC(=O)/C(=C/c3ccc(-c4ccccc4)cc3)NC(=O)c3ccccc3)cc2)n1. The molecule has 1 aromatic heterocycles. The van der Waals surface area contributed by atoms with Gasteiger partial charge in [0.05, 0.1) is 18.1 Å². The molecule has 6 rings (SSSR count). The van der Waals surface area contributed by atoms with E-state index in [1.807, 2.05) is 109 Å². The van der Waals surface area contributed by atoms with Gasteiger partial charge in [-0.15, -0.1) is 23.1 Å². The number of carbonyl (C=O) groups is 3. The molecule has 3 amide bonds. The molecule has 8 nitrogen and oxygen atoms in total. The first-order valence-corrected chi connectivity index (χ1v) is 17.8. The van der Waals surface area contributed by atoms with Gasteiger partial charge >= 0.3 is 0 Å². The Morgan fingerprint density at radius 1 is 0.765 bits per heavy atom. The van der Waals surface area contributed by atoms with Crippen LogP contribution >= 0.6 is 23.1 Å². The fourth-order valence-electron chi connectivity index (χ4n) is 5.10. The van der Waals surface area contributed by atoms with E-state index in [4.69, 9.17) is 4.74 Å². The summed E-state index contributed by atoms with van der Waals surface area (Å²) in [7, 11) is 1.61. The Labute approximate surface area is 304 Å². The fraction of sp³-hybridized carbons (Fsp3) is 0.0732. The first kappa shape index (κ1) is 34.9. The molecule has 5 aromatic carbocycles. The first-order valence-electron chi connectivity index (χ1n) is 16.1. The number of nitrogens with zero attached hydrogens (tertiary/aromatic N) is 1. The molecule has 0 fully saturated rings. The molecule has 0 aliphatic rings. The molecule has 0 saturated carbocycles. The number of aromatic nitrogens is 1. The number of methoxy groups -OCH3 is 1. The van der Waals surface area contributed by atoms with Crippen LogP contribution in [0.1, 0.15) is 22.8 Å². The van der Waals surface area contributed by atoms with E-state index < -0.39 is 17.1 Å². The molecule has 0 aliphatic heterocycles. The average molecular weight is 711 g/mol. The highest BCUT2D eigenvalue weighted by Crippen LogP contribution is 2.33. The van der Waals surface area contributed by atoms with Gasteiger partial charge in [-0.05, 0) is 78.2 Å². The molecule has 1 heterocycles. The Bertz CT molecular complexity index is 2150. The number of benzene rings is 5. The first-order chi connectivity index (χ1) is 24.9. The van der Waals surface area contributed by atoms with E-state index >= 15 is 0 Å². The summed E-state index contributed by atoms with van der Waals surface area (Å²) in [5.74, 6) is -0.345. The number of thioether (sulfide) groups is 1. The van der Waals surface area contributed by atoms with Gasteiger partial charge in [0.15, 0.2) is 5.13 Å². The largest absolute Gasteiger partial charge is 0.496 e. The zero-order valence-corrected chi connectivity index (χ0v) is 29.5. The lowest BCUT2D eigenvalue weighted by molar-refractivity contribution is -0.115. The number of anilines is 2. The molecular formula is C41H34N4O4S2. The summed E-state index contributed by atoms with van der Waals surface area (Å²) in [6, 6.07) is 41.3. The van der Waals surface area contributed by atoms with Crippen LogP contribution in [-0.2, 0) is 9.59 Å². The fourth-order valence-corrected chi connectivity index (χ4v) is 6.68. The maximum Gasteiger partial charge on any atom is 0.272 e. The number of carbonyl (C=O) groups excluding carboxylic acids is 3. The number of ether oxygens (including phenoxy) is 1. The van der Waals surface area contributed by atoms with Crippen LogP contribution in [0.5, 0.6) is 5.75 Å². The molecule has 10 heteroatoms. The predicted molar refractivity (Wildman–Crippen MR) is 207 cm³/mol. The third-order valence-electron chi connectivity index (χ3n) is 7.77. The van der Waals surface area contributed by atoms with Gasteiger partial charge in [-0.25, -0.2) is 4.98 Å². The van der Waals surface area contributed by atoms with Gasteiger partial charge < -0.3 is 20.7 Å². The minimum Gasteiger partial charge on any atom is -0.496 e. The van der Waals surface area contributed by atoms with Gasteiger partial charge in [0.25, 0.3) is 11.8 Å². The number of rotatable bonds is 12. The second-order valence-electron chi connectivity index (χ2n) is 11.3. The summed E-state index contributed by atoms with van der Waals surface area (Å²) in [6.45, 7) is 1.82. The van der Waals surface area contributed by atoms with Crippen molar-refractivity contribution in [3.05, 3.63) is 156 Å². The maximum atomic E-state index is 13.6. The van der Waals surface area contributed by atoms with Crippen LogP contribution in [0, 0.1) is 0 Å². The van der Waals surface area contributed by atoms with Crippen molar-refractivity contribution in [3.63, 3.8) is 0 Å². The normalized spacial score (nSPS) is 11.7. The molecule has 0 saturated heterocycles. The Balaban J connectivity index is 1.10. The molecule has 254 valence electrons. The number of hydrogen-bond acceptors (Lipinski definition) is 7. The summed E-state index contributed by atoms with van der Waals surface area (Å²) in [5, 5.41) is 10.6. The zero-order chi connectivity index (χ0) is 35.6. The molecule has 6 aromatic rings. The van der Waals surface area contributed by atoms with Crippen molar-refractivity contribution in [2.45, 2.75) is 17.1 Å². The van der Waals surface area contributed by atoms with Crippen molar-refractivity contribution in [3.8, 4) is 28.1 Å². The average Bonchev–Trinajstić information content (AvgIpc) is 3.64. The van der Waals surface area contributed by atoms with Crippen molar-refractivity contribution < 1.29 is 19.1 Å². The van der Waals surface area contributed by atoms with Crippen LogP contribution in [0.4, 0.5) is 10.8 Å². The van der Waals surface area contributed by atoms with Crippen molar-refractivity contribution >= 4 is 57.7 Å². The van der Waals surface area contributed by atoms with Gasteiger partial charge in [-0.3, -0.25) is 14.4 Å². The van der Waals surface area contributed by atoms with Crippen LogP contribution in [0.3, 0.4) is 0 Å². The highest BCUT2D eigenvalue weighted by molar-refractivity contribution is 8.00. The number of para-hydroxylation sites is 1. The van der Waals surface area contributed by atoms with Gasteiger partial charge in [-0.2, -0.15) is 0 Å². The Hall–Kier alpha value is -5.97. The molecule has 0 aliphatic carbocycles. The predicted octanol–water partition coefficient (Wildman–Crippen LogP) is 9.01. The lowest BCUT2D eigenvalue weighted by Gasteiger charge is -2.13. The molecule has 0 radical (unpaired) electrons. The smallest absolute Gasteiger partial charge is 0.272 e. The monoisotopic (exact) mass is 710 g/mol. The van der Waals surface area contributed by atoms with E-state index in [-0.39, 0.29) is 11.6 Å². The molecule has 1 atom stereocenters. The van der Waals surface area contributed by atoms with Gasteiger partial charge in [0.1, 0.15) is 11.4 Å². The summed E-state index contributed by atoms with van der Waals surface area (Å²) in [5.41, 5.74) is 5.51. The Morgan fingerprint density at radius 3 is 2.12 bits per heavy atom. The quantitative estimate of drug-likeness (QED) is 0.0864. The highest BCUT2D eigenvalue weighted by atomic mass is 32.2. The van der Waals surface area contributed by atoms with Crippen LogP contribution < -0.4 is 20.7 Å². The second-order valence-corrected chi connectivity index (χ2v) is 13.6. The minimum atomic E-state index is -0.476. The van der Waals surface area contributed by atoms with Crippen molar-refractivity contribution in [1.82, 2.24) is 10.3 Å². The van der Waals surface area contributed by atoms with Crippen LogP contribution in [-0.4, -0.2) is 35.1 Å². The zero-order valence-electron chi connectivity index (χ0n) is 27.8. The van der Waals surface area contributed by atoms with Crippen molar-refractivity contribution in [1.29, 1.82) is 0 Å². The molecular weight excluding hydrogens is 677 g/mol. The highest BCUT2D eigenvalue weighted by Gasteiger charge is 2.19. The van der Waals surface area contributed by atoms with E-state index in [9.17, 15) is 14.4 Å². The summed E-state index contributed by atoms with van der Waals surface area (Å²) in [4.78, 5) is 45.1. The van der Waals surface area contributed by atoms with Gasteiger partial charge in [0, 0.05) is 27.1 Å². The van der Waals surface area contributed by atoms with E-state index in [1.54, 1.807) is 49.6 Å². The number of thiazole rings is 1. The van der Waals surface area contributed by atoms with Crippen molar-refractivity contribution in [2.75, 3.05) is 17.7 Å². The molecule has 0 spiro atoms. The van der Waals surface area contributed by atoms with Crippen molar-refractivity contribution in [2.24, 2.45) is 0 Å². The Kier molecular flexibility index (Phi) is 11.4. The Morgan fingerprint density at radius 2 is 1.41 bits per heavy atom. The lowest BCUT2D eigenvalue weighted by atomic mass is 10.0. The summed E-state index contributed by atoms with van der Waals surface area (Å²) in [6.07, 6.45) is 1.65. The maximum absolute atomic E-state index is 13.6. The van der Waals surface area contributed by atoms with E-state index in [2.05, 4.69) is 20.9 Å². The topological polar surface area (TPSA) is 109 Å². The number of nitrogens with one attached hydrogen (secondary N) is 3. The van der Waals surface area contributed by atoms with E-state index in [1.165, 1.54) is 23.1 Å². The lowest BCUT2D eigenvalue weighted by Crippen LogP contribution is -2.30. The molecule has 51 heavy (non-hydrogen) atoms. The van der Waals surface area contributed by atoms with Gasteiger partial charge in [-0.1, -0.05) is 84.9 Å². The number of amides is 3. The standard InChI is InChI=1S/C41H34N4O4S2/c1-27(38(46)45-41-44-36(26-50-41)34-15-9-10-16-37(34)49-2)51-33-23-21-32(22-24-33)42-40(48)35(43-39(47)31-13-7-4-8-14-31)25-28-17-19-30(20-18-28)29-11-5-3-6-12-29/h3-27H,1-2H3,(H,42,48)(H,43,47)(H,44,45,46)/b35-25-. The van der Waals surface area contributed by atoms with Crippen LogP contribution in [0.25, 0.3) is 28.5 Å². The summed E-state index contributed by atoms with van der Waals surface area (Å²) >= 11 is 2.73. The molecule has 3 N–H and O–H groups in total. The molecule has 1 unspecified atom stereocenters. The van der Waals surface area contributed by atoms with Gasteiger partial charge in [0.2, 0.25) is 5.91 Å². The molecule has 0 bridgehead atoms. The summed E-state index contributed by atoms with van der Waals surface area (Å²) < 4.78 is 5.44. The number of hydrogen-bond donors (Lipinski definition) is 3. The van der Waals surface area contributed by atoms with E-state index in [0.717, 1.165) is 32.8 Å². The van der Waals surface area contributed by atoms with E-state index in [0.29, 0.717) is 22.1 Å². The van der Waals surface area contributed by atoms with Crippen LogP contribution in [0.15, 0.2) is 149 Å².